The fraction of sp³-hybridized carbons (Fsp3) is 0.0500. The van der Waals surface area contributed by atoms with Gasteiger partial charge in [0.1, 0.15) is 5.82 Å². The third-order valence-electron chi connectivity index (χ3n) is 4.33. The Hall–Kier alpha value is -2.41. The molecule has 1 amide bonds. The number of hydrogen-bond donors (Lipinski definition) is 1. The van der Waals surface area contributed by atoms with Gasteiger partial charge in [0, 0.05) is 24.0 Å². The number of anilines is 1. The van der Waals surface area contributed by atoms with Gasteiger partial charge in [-0.3, -0.25) is 9.78 Å². The van der Waals surface area contributed by atoms with Crippen molar-refractivity contribution in [1.29, 1.82) is 0 Å². The molecule has 0 saturated heterocycles. The van der Waals surface area contributed by atoms with Gasteiger partial charge in [0.05, 0.1) is 37.0 Å². The molecule has 0 bridgehead atoms. The van der Waals surface area contributed by atoms with Gasteiger partial charge >= 0.3 is 0 Å². The van der Waals surface area contributed by atoms with Crippen molar-refractivity contribution in [3.05, 3.63) is 80.9 Å². The Morgan fingerprint density at radius 1 is 1.11 bits per heavy atom. The normalized spacial score (nSPS) is 11.0. The molecule has 0 unspecified atom stereocenters. The molecule has 0 radical (unpaired) electrons. The van der Waals surface area contributed by atoms with E-state index in [0.717, 1.165) is 21.4 Å². The summed E-state index contributed by atoms with van der Waals surface area (Å²) in [6.45, 7) is 1.92. The summed E-state index contributed by atoms with van der Waals surface area (Å²) in [4.78, 5) is 21.6. The molecule has 28 heavy (non-hydrogen) atoms. The standard InChI is InChI=1S/C20H13BrCl2N4O/c1-11-24-8-9-27(11)19-12-4-2-7-16(18(12)25-10-13(19)21)26-20(28)17-14(22)5-3-6-15(17)23/h2-10H,1H3,(H,26,28). The Morgan fingerprint density at radius 2 is 1.82 bits per heavy atom. The highest BCUT2D eigenvalue weighted by molar-refractivity contribution is 9.10. The summed E-state index contributed by atoms with van der Waals surface area (Å²) in [5, 5.41) is 4.31. The minimum atomic E-state index is -0.395. The average Bonchev–Trinajstić information content (AvgIpc) is 3.07. The molecule has 0 aliphatic carbocycles. The lowest BCUT2D eigenvalue weighted by atomic mass is 10.1. The molecule has 8 heteroatoms. The Balaban J connectivity index is 1.84. The maximum absolute atomic E-state index is 12.8. The number of hydrogen-bond acceptors (Lipinski definition) is 3. The summed E-state index contributed by atoms with van der Waals surface area (Å²) in [7, 11) is 0. The van der Waals surface area contributed by atoms with Gasteiger partial charge in [-0.15, -0.1) is 0 Å². The Morgan fingerprint density at radius 3 is 2.50 bits per heavy atom. The first-order valence-electron chi connectivity index (χ1n) is 8.30. The fourth-order valence-corrected chi connectivity index (χ4v) is 4.12. The molecule has 2 aromatic carbocycles. The van der Waals surface area contributed by atoms with E-state index < -0.39 is 5.91 Å². The van der Waals surface area contributed by atoms with E-state index in [1.807, 2.05) is 29.8 Å². The molecule has 0 atom stereocenters. The molecule has 0 aliphatic heterocycles. The maximum Gasteiger partial charge on any atom is 0.258 e. The lowest BCUT2D eigenvalue weighted by Gasteiger charge is -2.14. The number of imidazole rings is 1. The molecule has 2 aromatic heterocycles. The Bertz CT molecular complexity index is 1200. The monoisotopic (exact) mass is 474 g/mol. The quantitative estimate of drug-likeness (QED) is 0.392. The van der Waals surface area contributed by atoms with E-state index in [1.165, 1.54) is 0 Å². The molecule has 4 aromatic rings. The highest BCUT2D eigenvalue weighted by atomic mass is 79.9. The summed E-state index contributed by atoms with van der Waals surface area (Å²) < 4.78 is 2.78. The van der Waals surface area contributed by atoms with Crippen molar-refractivity contribution in [3.8, 4) is 5.69 Å². The van der Waals surface area contributed by atoms with Crippen LogP contribution < -0.4 is 5.32 Å². The molecule has 5 nitrogen and oxygen atoms in total. The van der Waals surface area contributed by atoms with Crippen molar-refractivity contribution in [2.24, 2.45) is 0 Å². The maximum atomic E-state index is 12.8. The van der Waals surface area contributed by atoms with Gasteiger partial charge in [0.2, 0.25) is 0 Å². The molecule has 2 heterocycles. The van der Waals surface area contributed by atoms with Gasteiger partial charge in [0.25, 0.3) is 5.91 Å². The molecule has 0 fully saturated rings. The van der Waals surface area contributed by atoms with Crippen LogP contribution in [0.3, 0.4) is 0 Å². The molecule has 4 rings (SSSR count). The van der Waals surface area contributed by atoms with E-state index in [0.29, 0.717) is 11.2 Å². The predicted molar refractivity (Wildman–Crippen MR) is 116 cm³/mol. The van der Waals surface area contributed by atoms with Gasteiger partial charge in [-0.25, -0.2) is 4.98 Å². The lowest BCUT2D eigenvalue weighted by molar-refractivity contribution is 0.102. The number of halogens is 3. The largest absolute Gasteiger partial charge is 0.320 e. The smallest absolute Gasteiger partial charge is 0.258 e. The van der Waals surface area contributed by atoms with Crippen LogP contribution >= 0.6 is 39.1 Å². The van der Waals surface area contributed by atoms with E-state index in [9.17, 15) is 4.79 Å². The van der Waals surface area contributed by atoms with Gasteiger partial charge in [-0.05, 0) is 41.1 Å². The summed E-state index contributed by atoms with van der Waals surface area (Å²) in [5.41, 5.74) is 2.33. The number of amides is 1. The molecule has 1 N–H and O–H groups in total. The second-order valence-corrected chi connectivity index (χ2v) is 7.72. The highest BCUT2D eigenvalue weighted by Gasteiger charge is 2.18. The number of benzene rings is 2. The number of para-hydroxylation sites is 1. The first-order chi connectivity index (χ1) is 13.5. The van der Waals surface area contributed by atoms with Crippen LogP contribution in [0.1, 0.15) is 16.2 Å². The van der Waals surface area contributed by atoms with E-state index in [4.69, 9.17) is 23.2 Å². The molecule has 0 saturated carbocycles. The first-order valence-corrected chi connectivity index (χ1v) is 9.85. The summed E-state index contributed by atoms with van der Waals surface area (Å²) in [6.07, 6.45) is 5.32. The van der Waals surface area contributed by atoms with E-state index in [-0.39, 0.29) is 15.6 Å². The van der Waals surface area contributed by atoms with Crippen LogP contribution in [0.15, 0.2) is 59.5 Å². The summed E-state index contributed by atoms with van der Waals surface area (Å²) in [6, 6.07) is 10.5. The van der Waals surface area contributed by atoms with Crippen LogP contribution in [0.4, 0.5) is 5.69 Å². The SMILES string of the molecule is Cc1nccn1-c1c(Br)cnc2c(NC(=O)c3c(Cl)cccc3Cl)cccc12. The Labute approximate surface area is 179 Å². The van der Waals surface area contributed by atoms with Crippen LogP contribution in [0.5, 0.6) is 0 Å². The fourth-order valence-electron chi connectivity index (χ4n) is 3.04. The van der Waals surface area contributed by atoms with Gasteiger partial charge in [-0.2, -0.15) is 0 Å². The van der Waals surface area contributed by atoms with Crippen molar-refractivity contribution in [2.75, 3.05) is 5.32 Å². The second kappa shape index (κ2) is 7.54. The molecule has 0 spiro atoms. The number of aryl methyl sites for hydroxylation is 1. The number of pyridine rings is 1. The van der Waals surface area contributed by atoms with Crippen LogP contribution in [-0.2, 0) is 0 Å². The minimum absolute atomic E-state index is 0.227. The van der Waals surface area contributed by atoms with Crippen molar-refractivity contribution in [3.63, 3.8) is 0 Å². The van der Waals surface area contributed by atoms with Crippen LogP contribution in [0, 0.1) is 6.92 Å². The minimum Gasteiger partial charge on any atom is -0.320 e. The van der Waals surface area contributed by atoms with Crippen LogP contribution in [-0.4, -0.2) is 20.4 Å². The van der Waals surface area contributed by atoms with Crippen molar-refractivity contribution in [2.45, 2.75) is 6.92 Å². The van der Waals surface area contributed by atoms with Gasteiger partial charge < -0.3 is 9.88 Å². The average molecular weight is 476 g/mol. The van der Waals surface area contributed by atoms with Crippen molar-refractivity contribution < 1.29 is 4.79 Å². The van der Waals surface area contributed by atoms with Gasteiger partial charge in [0.15, 0.2) is 0 Å². The highest BCUT2D eigenvalue weighted by Crippen LogP contribution is 2.33. The summed E-state index contributed by atoms with van der Waals surface area (Å²) in [5.74, 6) is 0.443. The number of nitrogens with zero attached hydrogens (tertiary/aromatic N) is 3. The zero-order chi connectivity index (χ0) is 19.8. The zero-order valence-electron chi connectivity index (χ0n) is 14.6. The second-order valence-electron chi connectivity index (χ2n) is 6.05. The van der Waals surface area contributed by atoms with E-state index in [2.05, 4.69) is 31.2 Å². The number of nitrogens with one attached hydrogen (secondary N) is 1. The number of fused-ring (bicyclic) bond motifs is 1. The third kappa shape index (κ3) is 3.28. The predicted octanol–water partition coefficient (Wildman–Crippen LogP) is 6.05. The van der Waals surface area contributed by atoms with Crippen molar-refractivity contribution >= 4 is 61.6 Å². The topological polar surface area (TPSA) is 59.8 Å². The molecular weight excluding hydrogens is 463 g/mol. The Kier molecular flexibility index (Phi) is 5.10. The number of rotatable bonds is 3. The van der Waals surface area contributed by atoms with Gasteiger partial charge in [-0.1, -0.05) is 41.4 Å². The molecule has 140 valence electrons. The first kappa shape index (κ1) is 18.9. The van der Waals surface area contributed by atoms with Crippen LogP contribution in [0.2, 0.25) is 10.0 Å². The van der Waals surface area contributed by atoms with E-state index in [1.54, 1.807) is 36.7 Å². The molecule has 0 aliphatic rings. The van der Waals surface area contributed by atoms with E-state index >= 15 is 0 Å². The molecular formula is C20H13BrCl2N4O. The summed E-state index contributed by atoms with van der Waals surface area (Å²) >= 11 is 15.9. The lowest BCUT2D eigenvalue weighted by Crippen LogP contribution is -2.14. The zero-order valence-corrected chi connectivity index (χ0v) is 17.7. The van der Waals surface area contributed by atoms with Crippen LogP contribution in [0.25, 0.3) is 16.6 Å². The number of carbonyl (C=O) groups excluding carboxylic acids is 1. The third-order valence-corrected chi connectivity index (χ3v) is 5.54. The number of aromatic nitrogens is 3. The van der Waals surface area contributed by atoms with Crippen molar-refractivity contribution in [1.82, 2.24) is 14.5 Å². The number of carbonyl (C=O) groups is 1.